The van der Waals surface area contributed by atoms with Crippen LogP contribution in [0.15, 0.2) is 0 Å². The van der Waals surface area contributed by atoms with Gasteiger partial charge in [0.2, 0.25) is 0 Å². The highest BCUT2D eigenvalue weighted by atomic mass is 31.2. The second-order valence-corrected chi connectivity index (χ2v) is 5.39. The van der Waals surface area contributed by atoms with E-state index in [1.165, 1.54) is 0 Å². The summed E-state index contributed by atoms with van der Waals surface area (Å²) in [6, 6.07) is 0. The Bertz CT molecular complexity index is 329. The Morgan fingerprint density at radius 1 is 1.16 bits per heavy atom. The van der Waals surface area contributed by atoms with Gasteiger partial charge in [-0.05, 0) is 0 Å². The minimum atomic E-state index is -4.80. The molecule has 114 valence electrons. The van der Waals surface area contributed by atoms with Crippen molar-refractivity contribution < 1.29 is 49.1 Å². The van der Waals surface area contributed by atoms with E-state index >= 15 is 0 Å². The van der Waals surface area contributed by atoms with Crippen molar-refractivity contribution in [3.8, 4) is 0 Å². The van der Waals surface area contributed by atoms with Crippen LogP contribution in [0.4, 0.5) is 0 Å². The lowest BCUT2D eigenvalue weighted by Crippen LogP contribution is -2.62. The zero-order valence-electron chi connectivity index (χ0n) is 9.68. The van der Waals surface area contributed by atoms with Crippen LogP contribution in [0.1, 0.15) is 0 Å². The number of ether oxygens (including phenoxy) is 1. The van der Waals surface area contributed by atoms with Crippen molar-refractivity contribution in [2.24, 2.45) is 0 Å². The van der Waals surface area contributed by atoms with Crippen LogP contribution in [0.3, 0.4) is 0 Å². The summed E-state index contributed by atoms with van der Waals surface area (Å²) < 4.78 is 19.5. The molecule has 0 aliphatic carbocycles. The molecular formula is C8H17O10P. The van der Waals surface area contributed by atoms with Crippen molar-refractivity contribution in [1.82, 2.24) is 0 Å². The summed E-state index contributed by atoms with van der Waals surface area (Å²) in [6.07, 6.45) is -9.31. The number of phosphoric acid groups is 1. The summed E-state index contributed by atoms with van der Waals surface area (Å²) in [5.41, 5.74) is 0. The smallest absolute Gasteiger partial charge is 0.394 e. The Balaban J connectivity index is 2.67. The summed E-state index contributed by atoms with van der Waals surface area (Å²) in [6.45, 7) is -1.53. The van der Waals surface area contributed by atoms with Gasteiger partial charge in [0.25, 0.3) is 0 Å². The lowest BCUT2D eigenvalue weighted by atomic mass is 9.92. The highest BCUT2D eigenvalue weighted by Gasteiger charge is 2.46. The van der Waals surface area contributed by atoms with Crippen molar-refractivity contribution in [3.63, 3.8) is 0 Å². The maximum absolute atomic E-state index is 10.5. The molecule has 0 bridgehead atoms. The maximum Gasteiger partial charge on any atom is 0.469 e. The lowest BCUT2D eigenvalue weighted by molar-refractivity contribution is -0.251. The van der Waals surface area contributed by atoms with Crippen LogP contribution in [0.2, 0.25) is 0 Å². The molecule has 0 radical (unpaired) electrons. The highest BCUT2D eigenvalue weighted by Crippen LogP contribution is 2.36. The highest BCUT2D eigenvalue weighted by molar-refractivity contribution is 7.46. The van der Waals surface area contributed by atoms with E-state index in [1.54, 1.807) is 0 Å². The SMILES string of the molecule is O=P(O)(O)OC[C@@H](O)[C@H]1O[C@H](CO)[C@@H](O)[C@@H](O)[C@@H]1O. The Labute approximate surface area is 108 Å². The van der Waals surface area contributed by atoms with Gasteiger partial charge in [0.1, 0.15) is 36.6 Å². The van der Waals surface area contributed by atoms with E-state index in [-0.39, 0.29) is 0 Å². The van der Waals surface area contributed by atoms with E-state index in [4.69, 9.17) is 19.6 Å². The first-order chi connectivity index (χ1) is 8.67. The van der Waals surface area contributed by atoms with E-state index in [0.29, 0.717) is 0 Å². The molecule has 1 saturated heterocycles. The summed E-state index contributed by atoms with van der Waals surface area (Å²) >= 11 is 0. The molecule has 0 unspecified atom stereocenters. The zero-order chi connectivity index (χ0) is 14.8. The summed E-state index contributed by atoms with van der Waals surface area (Å²) in [4.78, 5) is 16.9. The Kier molecular flexibility index (Phi) is 5.83. The van der Waals surface area contributed by atoms with Gasteiger partial charge in [-0.1, -0.05) is 0 Å². The fourth-order valence-corrected chi connectivity index (χ4v) is 2.06. The first kappa shape index (κ1) is 16.9. The summed E-state index contributed by atoms with van der Waals surface area (Å²) in [5, 5.41) is 47.0. The van der Waals surface area contributed by atoms with Gasteiger partial charge in [-0.3, -0.25) is 4.52 Å². The van der Waals surface area contributed by atoms with E-state index in [2.05, 4.69) is 4.52 Å². The predicted molar refractivity (Wildman–Crippen MR) is 57.8 cm³/mol. The third kappa shape index (κ3) is 4.43. The predicted octanol–water partition coefficient (Wildman–Crippen LogP) is -3.70. The average Bonchev–Trinajstić information content (AvgIpc) is 2.33. The van der Waals surface area contributed by atoms with Crippen LogP contribution >= 0.6 is 7.82 Å². The van der Waals surface area contributed by atoms with Crippen LogP contribution in [0, 0.1) is 0 Å². The molecule has 1 rings (SSSR count). The Morgan fingerprint density at radius 3 is 2.21 bits per heavy atom. The largest absolute Gasteiger partial charge is 0.469 e. The van der Waals surface area contributed by atoms with Crippen LogP contribution in [-0.4, -0.2) is 85.2 Å². The number of phosphoric ester groups is 1. The molecule has 10 nitrogen and oxygen atoms in total. The van der Waals surface area contributed by atoms with Crippen molar-refractivity contribution in [2.45, 2.75) is 36.6 Å². The molecule has 19 heavy (non-hydrogen) atoms. The average molecular weight is 304 g/mol. The molecule has 1 aliphatic heterocycles. The van der Waals surface area contributed by atoms with Crippen molar-refractivity contribution >= 4 is 7.82 Å². The lowest BCUT2D eigenvalue weighted by Gasteiger charge is -2.41. The van der Waals surface area contributed by atoms with Crippen LogP contribution < -0.4 is 0 Å². The van der Waals surface area contributed by atoms with Gasteiger partial charge in [0.15, 0.2) is 0 Å². The van der Waals surface area contributed by atoms with E-state index in [1.807, 2.05) is 0 Å². The summed E-state index contributed by atoms with van der Waals surface area (Å²) in [5.74, 6) is 0. The van der Waals surface area contributed by atoms with E-state index < -0.39 is 57.7 Å². The minimum Gasteiger partial charge on any atom is -0.394 e. The monoisotopic (exact) mass is 304 g/mol. The van der Waals surface area contributed by atoms with Gasteiger partial charge in [-0.2, -0.15) is 0 Å². The molecule has 1 aliphatic rings. The van der Waals surface area contributed by atoms with Crippen molar-refractivity contribution in [3.05, 3.63) is 0 Å². The second kappa shape index (κ2) is 6.55. The van der Waals surface area contributed by atoms with Gasteiger partial charge in [0, 0.05) is 0 Å². The zero-order valence-corrected chi connectivity index (χ0v) is 10.6. The fraction of sp³-hybridized carbons (Fsp3) is 1.00. The quantitative estimate of drug-likeness (QED) is 0.250. The van der Waals surface area contributed by atoms with E-state index in [9.17, 15) is 25.0 Å². The molecule has 7 N–H and O–H groups in total. The van der Waals surface area contributed by atoms with E-state index in [0.717, 1.165) is 0 Å². The second-order valence-electron chi connectivity index (χ2n) is 4.15. The Hall–Kier alpha value is -0.130. The number of hydrogen-bond acceptors (Lipinski definition) is 8. The van der Waals surface area contributed by atoms with Crippen LogP contribution in [-0.2, 0) is 13.8 Å². The van der Waals surface area contributed by atoms with Crippen LogP contribution in [0.5, 0.6) is 0 Å². The minimum absolute atomic E-state index is 0.673. The van der Waals surface area contributed by atoms with Crippen molar-refractivity contribution in [2.75, 3.05) is 13.2 Å². The molecular weight excluding hydrogens is 287 g/mol. The van der Waals surface area contributed by atoms with Gasteiger partial charge >= 0.3 is 7.82 Å². The first-order valence-corrected chi connectivity index (χ1v) is 6.89. The number of hydrogen-bond donors (Lipinski definition) is 7. The van der Waals surface area contributed by atoms with Gasteiger partial charge in [-0.25, -0.2) is 4.57 Å². The molecule has 1 heterocycles. The topological polar surface area (TPSA) is 177 Å². The molecule has 0 amide bonds. The molecule has 0 saturated carbocycles. The van der Waals surface area contributed by atoms with Gasteiger partial charge in [0.05, 0.1) is 13.2 Å². The van der Waals surface area contributed by atoms with Gasteiger partial charge < -0.3 is 40.1 Å². The maximum atomic E-state index is 10.5. The molecule has 0 aromatic carbocycles. The fourth-order valence-electron chi connectivity index (χ4n) is 1.72. The molecule has 11 heteroatoms. The van der Waals surface area contributed by atoms with Crippen LogP contribution in [0.25, 0.3) is 0 Å². The molecule has 0 spiro atoms. The molecule has 0 aromatic heterocycles. The third-order valence-corrected chi connectivity index (χ3v) is 3.21. The first-order valence-electron chi connectivity index (χ1n) is 5.36. The number of rotatable bonds is 5. The summed E-state index contributed by atoms with van der Waals surface area (Å²) in [7, 11) is -4.80. The molecule has 1 fully saturated rings. The normalized spacial score (nSPS) is 38.2. The Morgan fingerprint density at radius 2 is 1.74 bits per heavy atom. The number of aliphatic hydroxyl groups excluding tert-OH is 5. The number of aliphatic hydroxyl groups is 5. The third-order valence-electron chi connectivity index (χ3n) is 2.72. The standard InChI is InChI=1S/C8H17O10P/c9-1-4-5(11)6(12)7(13)8(18-4)3(10)2-17-19(14,15)16/h3-13H,1-2H2,(H2,14,15,16)/t3-,4-,5-,6-,7+,8-/m1/s1. The molecule has 0 aromatic rings. The van der Waals surface area contributed by atoms with Crippen molar-refractivity contribution in [1.29, 1.82) is 0 Å². The van der Waals surface area contributed by atoms with Gasteiger partial charge in [-0.15, -0.1) is 0 Å². The molecule has 6 atom stereocenters.